The van der Waals surface area contributed by atoms with E-state index >= 15 is 0 Å². The van der Waals surface area contributed by atoms with Crippen LogP contribution in [-0.4, -0.2) is 37.4 Å². The first-order valence-electron chi connectivity index (χ1n) is 8.64. The largest absolute Gasteiger partial charge is 0.495 e. The summed E-state index contributed by atoms with van der Waals surface area (Å²) in [5.74, 6) is -2.91. The second-order valence-electron chi connectivity index (χ2n) is 6.99. The first-order chi connectivity index (χ1) is 14.0. The van der Waals surface area contributed by atoms with Crippen LogP contribution in [0, 0.1) is 9.62 Å². The van der Waals surface area contributed by atoms with Gasteiger partial charge in [0.15, 0.2) is 11.3 Å². The van der Waals surface area contributed by atoms with Crippen molar-refractivity contribution < 1.29 is 26.7 Å². The SMILES string of the molecule is COc1cnn2c(=O)c(-c3cn(CC4CC(F)(F)C4)nc3I)c(C(F)(F)F)nc2c1. The Labute approximate surface area is 179 Å². The predicted molar refractivity (Wildman–Crippen MR) is 102 cm³/mol. The van der Waals surface area contributed by atoms with E-state index in [0.29, 0.717) is 0 Å². The lowest BCUT2D eigenvalue weighted by Gasteiger charge is -2.34. The molecule has 4 rings (SSSR count). The van der Waals surface area contributed by atoms with Crippen LogP contribution in [0.25, 0.3) is 16.8 Å². The fourth-order valence-electron chi connectivity index (χ4n) is 3.41. The molecule has 0 aromatic carbocycles. The number of methoxy groups -OCH3 is 1. The number of fused-ring (bicyclic) bond motifs is 1. The molecule has 1 fully saturated rings. The molecule has 3 heterocycles. The van der Waals surface area contributed by atoms with Crippen molar-refractivity contribution in [2.45, 2.75) is 31.5 Å². The minimum atomic E-state index is -4.92. The van der Waals surface area contributed by atoms with E-state index in [0.717, 1.165) is 4.52 Å². The maximum absolute atomic E-state index is 13.7. The molecule has 0 radical (unpaired) electrons. The second-order valence-corrected chi connectivity index (χ2v) is 8.01. The van der Waals surface area contributed by atoms with Crippen LogP contribution in [-0.2, 0) is 12.7 Å². The van der Waals surface area contributed by atoms with Crippen molar-refractivity contribution >= 4 is 28.2 Å². The molecule has 0 aliphatic heterocycles. The summed E-state index contributed by atoms with van der Waals surface area (Å²) in [6, 6.07) is 1.17. The molecule has 7 nitrogen and oxygen atoms in total. The molecule has 0 amide bonds. The fraction of sp³-hybridized carbons (Fsp3) is 0.412. The van der Waals surface area contributed by atoms with Gasteiger partial charge in [-0.25, -0.2) is 13.8 Å². The smallest absolute Gasteiger partial charge is 0.434 e. The minimum Gasteiger partial charge on any atom is -0.495 e. The number of aromatic nitrogens is 5. The molecular weight excluding hydrogens is 528 g/mol. The number of nitrogens with zero attached hydrogens (tertiary/aromatic N) is 5. The molecule has 1 saturated carbocycles. The van der Waals surface area contributed by atoms with Crippen LogP contribution in [0.5, 0.6) is 5.75 Å². The van der Waals surface area contributed by atoms with E-state index in [1.165, 1.54) is 30.3 Å². The van der Waals surface area contributed by atoms with Crippen molar-refractivity contribution in [1.82, 2.24) is 24.4 Å². The Bertz CT molecular complexity index is 1180. The number of hydrogen-bond donors (Lipinski definition) is 0. The Morgan fingerprint density at radius 1 is 1.33 bits per heavy atom. The highest BCUT2D eigenvalue weighted by atomic mass is 127. The summed E-state index contributed by atoms with van der Waals surface area (Å²) in [6.07, 6.45) is -3.11. The molecule has 3 aromatic heterocycles. The van der Waals surface area contributed by atoms with E-state index in [1.54, 1.807) is 22.6 Å². The van der Waals surface area contributed by atoms with Crippen molar-refractivity contribution in [3.05, 3.63) is 38.2 Å². The summed E-state index contributed by atoms with van der Waals surface area (Å²) in [7, 11) is 1.30. The van der Waals surface area contributed by atoms with Crippen LogP contribution >= 0.6 is 22.6 Å². The molecular formula is C17H13F5IN5O2. The zero-order chi connectivity index (χ0) is 21.8. The van der Waals surface area contributed by atoms with Gasteiger partial charge in [-0.05, 0) is 28.5 Å². The van der Waals surface area contributed by atoms with E-state index in [9.17, 15) is 26.7 Å². The first kappa shape index (κ1) is 20.9. The highest BCUT2D eigenvalue weighted by Crippen LogP contribution is 2.43. The van der Waals surface area contributed by atoms with Crippen molar-refractivity contribution in [3.8, 4) is 16.9 Å². The molecule has 0 N–H and O–H groups in total. The zero-order valence-electron chi connectivity index (χ0n) is 15.3. The van der Waals surface area contributed by atoms with E-state index in [-0.39, 0.29) is 46.0 Å². The minimum absolute atomic E-state index is 0.0847. The molecule has 0 bridgehead atoms. The third-order valence-corrected chi connectivity index (χ3v) is 5.57. The summed E-state index contributed by atoms with van der Waals surface area (Å²) in [5, 5.41) is 7.92. The Hall–Kier alpha value is -2.32. The Kier molecular flexibility index (Phi) is 4.97. The maximum atomic E-state index is 13.7. The summed E-state index contributed by atoms with van der Waals surface area (Å²) in [6.45, 7) is 0.116. The second kappa shape index (κ2) is 7.13. The lowest BCUT2D eigenvalue weighted by atomic mass is 9.81. The topological polar surface area (TPSA) is 74.3 Å². The third-order valence-electron chi connectivity index (χ3n) is 4.77. The highest BCUT2D eigenvalue weighted by Gasteiger charge is 2.45. The Balaban J connectivity index is 1.84. The van der Waals surface area contributed by atoms with Crippen molar-refractivity contribution in [1.29, 1.82) is 0 Å². The highest BCUT2D eigenvalue weighted by molar-refractivity contribution is 14.1. The Morgan fingerprint density at radius 3 is 2.63 bits per heavy atom. The van der Waals surface area contributed by atoms with Gasteiger partial charge in [0.2, 0.25) is 5.92 Å². The zero-order valence-corrected chi connectivity index (χ0v) is 17.4. The van der Waals surface area contributed by atoms with Gasteiger partial charge < -0.3 is 4.74 Å². The normalized spacial score (nSPS) is 16.6. The monoisotopic (exact) mass is 541 g/mol. The molecule has 0 atom stereocenters. The van der Waals surface area contributed by atoms with Crippen LogP contribution in [0.15, 0.2) is 23.3 Å². The standard InChI is InChI=1S/C17H13F5IN5O2/c1-30-9-2-11-25-13(17(20,21)22)12(15(29)28(11)24-5-9)10-7-27(26-14(10)23)6-8-3-16(18,19)4-8/h2,5,7-8H,3-4,6H2,1H3. The molecule has 0 saturated heterocycles. The number of alkyl halides is 5. The van der Waals surface area contributed by atoms with Crippen LogP contribution in [0.2, 0.25) is 0 Å². The van der Waals surface area contributed by atoms with E-state index in [4.69, 9.17) is 4.74 Å². The molecule has 160 valence electrons. The van der Waals surface area contributed by atoms with Gasteiger partial charge in [0.25, 0.3) is 5.56 Å². The van der Waals surface area contributed by atoms with E-state index in [2.05, 4.69) is 15.2 Å². The number of halogens is 6. The third kappa shape index (κ3) is 3.74. The predicted octanol–water partition coefficient (Wildman–Crippen LogP) is 3.63. The molecule has 30 heavy (non-hydrogen) atoms. The van der Waals surface area contributed by atoms with Gasteiger partial charge in [0, 0.05) is 37.2 Å². The quantitative estimate of drug-likeness (QED) is 0.373. The van der Waals surface area contributed by atoms with Gasteiger partial charge >= 0.3 is 6.18 Å². The van der Waals surface area contributed by atoms with Crippen LogP contribution < -0.4 is 10.3 Å². The molecule has 1 aliphatic carbocycles. The molecule has 13 heteroatoms. The van der Waals surface area contributed by atoms with Crippen LogP contribution in [0.3, 0.4) is 0 Å². The summed E-state index contributed by atoms with van der Waals surface area (Å²) < 4.78 is 74.4. The van der Waals surface area contributed by atoms with E-state index in [1.807, 2.05) is 0 Å². The molecule has 1 aliphatic rings. The maximum Gasteiger partial charge on any atom is 0.434 e. The summed E-state index contributed by atoms with van der Waals surface area (Å²) in [5.41, 5.74) is -3.52. The number of ether oxygens (including phenoxy) is 1. The van der Waals surface area contributed by atoms with E-state index < -0.39 is 28.9 Å². The molecule has 3 aromatic rings. The lowest BCUT2D eigenvalue weighted by Crippen LogP contribution is -2.37. The van der Waals surface area contributed by atoms with Gasteiger partial charge in [-0.1, -0.05) is 0 Å². The lowest BCUT2D eigenvalue weighted by molar-refractivity contribution is -0.140. The molecule has 0 unspecified atom stereocenters. The van der Waals surface area contributed by atoms with Crippen molar-refractivity contribution in [2.75, 3.05) is 7.11 Å². The van der Waals surface area contributed by atoms with Gasteiger partial charge in [-0.3, -0.25) is 9.48 Å². The summed E-state index contributed by atoms with van der Waals surface area (Å²) >= 11 is 1.70. The fourth-order valence-corrected chi connectivity index (χ4v) is 4.10. The van der Waals surface area contributed by atoms with Gasteiger partial charge in [0.1, 0.15) is 9.45 Å². The number of rotatable bonds is 4. The average molecular weight is 541 g/mol. The van der Waals surface area contributed by atoms with Crippen LogP contribution in [0.1, 0.15) is 18.5 Å². The Morgan fingerprint density at radius 2 is 2.03 bits per heavy atom. The van der Waals surface area contributed by atoms with Crippen molar-refractivity contribution in [2.24, 2.45) is 5.92 Å². The molecule has 0 spiro atoms. The van der Waals surface area contributed by atoms with Crippen LogP contribution in [0.4, 0.5) is 22.0 Å². The number of hydrogen-bond acceptors (Lipinski definition) is 5. The van der Waals surface area contributed by atoms with Gasteiger partial charge in [-0.15, -0.1) is 0 Å². The average Bonchev–Trinajstić information content (AvgIpc) is 2.98. The van der Waals surface area contributed by atoms with Crippen molar-refractivity contribution in [3.63, 3.8) is 0 Å². The van der Waals surface area contributed by atoms with Gasteiger partial charge in [0.05, 0.1) is 18.9 Å². The van der Waals surface area contributed by atoms with Gasteiger partial charge in [-0.2, -0.15) is 27.9 Å². The first-order valence-corrected chi connectivity index (χ1v) is 9.72. The summed E-state index contributed by atoms with van der Waals surface area (Å²) in [4.78, 5) is 16.5.